The molecule has 0 saturated carbocycles. The van der Waals surface area contributed by atoms with Crippen molar-refractivity contribution in [1.29, 1.82) is 0 Å². The van der Waals surface area contributed by atoms with Crippen molar-refractivity contribution in [2.24, 2.45) is 0 Å². The van der Waals surface area contributed by atoms with E-state index in [9.17, 15) is 4.79 Å². The van der Waals surface area contributed by atoms with Gasteiger partial charge < -0.3 is 23.3 Å². The van der Waals surface area contributed by atoms with Gasteiger partial charge in [0.1, 0.15) is 0 Å². The second-order valence-electron chi connectivity index (χ2n) is 3.10. The maximum Gasteiger partial charge on any atom is 0.520 e. The minimum Gasteiger partial charge on any atom is -0.447 e. The number of nitrogens with one attached hydrogen (secondary N) is 1. The summed E-state index contributed by atoms with van der Waals surface area (Å²) >= 11 is 0. The van der Waals surface area contributed by atoms with E-state index in [1.165, 1.54) is 21.3 Å². The molecule has 0 unspecified atom stereocenters. The molecule has 0 aliphatic carbocycles. The zero-order chi connectivity index (χ0) is 11.9. The summed E-state index contributed by atoms with van der Waals surface area (Å²) in [5.41, 5.74) is 0. The van der Waals surface area contributed by atoms with Crippen molar-refractivity contribution in [2.75, 3.05) is 27.5 Å². The van der Waals surface area contributed by atoms with Crippen LogP contribution in [0.4, 0.5) is 4.79 Å². The van der Waals surface area contributed by atoms with Gasteiger partial charge in [-0.15, -0.1) is 0 Å². The molecule has 0 aromatic carbocycles. The Morgan fingerprint density at radius 3 is 1.94 bits per heavy atom. The van der Waals surface area contributed by atoms with Crippen LogP contribution in [0.1, 0.15) is 13.8 Å². The van der Waals surface area contributed by atoms with Gasteiger partial charge in [-0.05, 0) is 13.8 Å². The Labute approximate surface area is 123 Å². The fourth-order valence-electron chi connectivity index (χ4n) is 0.903. The maximum atomic E-state index is 11.2. The SMILES string of the molecule is CO[Si](CNC(=O)OC(C)C)(OC)OC.[Y]. The van der Waals surface area contributed by atoms with Gasteiger partial charge >= 0.3 is 14.9 Å². The van der Waals surface area contributed by atoms with E-state index in [4.69, 9.17) is 18.0 Å². The van der Waals surface area contributed by atoms with Gasteiger partial charge in [0.25, 0.3) is 0 Å². The average molecular weight is 326 g/mol. The molecule has 0 heterocycles. The number of rotatable bonds is 6. The average Bonchev–Trinajstić information content (AvgIpc) is 2.20. The summed E-state index contributed by atoms with van der Waals surface area (Å²) in [6.45, 7) is 3.54. The van der Waals surface area contributed by atoms with Gasteiger partial charge in [-0.25, -0.2) is 4.79 Å². The first-order chi connectivity index (χ1) is 6.99. The van der Waals surface area contributed by atoms with E-state index in [1.54, 1.807) is 13.8 Å². The molecule has 0 aromatic rings. The smallest absolute Gasteiger partial charge is 0.447 e. The normalized spacial score (nSPS) is 10.9. The minimum atomic E-state index is -2.74. The van der Waals surface area contributed by atoms with Crippen LogP contribution < -0.4 is 5.32 Å². The molecule has 0 aliphatic heterocycles. The molecule has 0 spiro atoms. The number of hydrogen-bond donors (Lipinski definition) is 1. The predicted octanol–water partition coefficient (Wildman–Crippen LogP) is 0.536. The largest absolute Gasteiger partial charge is 0.520 e. The Morgan fingerprint density at radius 2 is 1.62 bits per heavy atom. The molecule has 0 aliphatic rings. The third kappa shape index (κ3) is 6.93. The van der Waals surface area contributed by atoms with Gasteiger partial charge in [0, 0.05) is 54.0 Å². The molecule has 0 fully saturated rings. The van der Waals surface area contributed by atoms with Crippen LogP contribution in [0.25, 0.3) is 0 Å². The maximum absolute atomic E-state index is 11.2. The fourth-order valence-corrected chi connectivity index (χ4v) is 2.20. The van der Waals surface area contributed by atoms with Crippen LogP contribution in [0, 0.1) is 0 Å². The molecule has 16 heavy (non-hydrogen) atoms. The van der Waals surface area contributed by atoms with E-state index in [-0.39, 0.29) is 45.0 Å². The molecule has 93 valence electrons. The Hall–Kier alpha value is 0.471. The summed E-state index contributed by atoms with van der Waals surface area (Å²) in [5, 5.41) is 2.53. The standard InChI is InChI=1S/C8H19NO5Si.Y/c1-7(2)14-8(10)9-6-15(11-3,12-4)13-5;/h7H,6H2,1-5H3,(H,9,10);. The van der Waals surface area contributed by atoms with Crippen molar-refractivity contribution >= 4 is 14.9 Å². The van der Waals surface area contributed by atoms with Crippen molar-refractivity contribution in [1.82, 2.24) is 5.32 Å². The van der Waals surface area contributed by atoms with Crippen molar-refractivity contribution in [2.45, 2.75) is 20.0 Å². The van der Waals surface area contributed by atoms with Gasteiger partial charge in [0.05, 0.1) is 12.3 Å². The summed E-state index contributed by atoms with van der Waals surface area (Å²) in [4.78, 5) is 11.2. The zero-order valence-corrected chi connectivity index (χ0v) is 14.2. The fraction of sp³-hybridized carbons (Fsp3) is 0.875. The third-order valence-corrected chi connectivity index (χ3v) is 4.20. The molecule has 0 rings (SSSR count). The summed E-state index contributed by atoms with van der Waals surface area (Å²) in [5.74, 6) is 0. The molecule has 0 bridgehead atoms. The molecule has 1 N–H and O–H groups in total. The summed E-state index contributed by atoms with van der Waals surface area (Å²) in [6, 6.07) is 0. The number of amides is 1. The number of hydrogen-bond acceptors (Lipinski definition) is 5. The first-order valence-electron chi connectivity index (χ1n) is 4.59. The molecule has 1 amide bonds. The second-order valence-corrected chi connectivity index (χ2v) is 6.05. The van der Waals surface area contributed by atoms with Gasteiger partial charge in [-0.2, -0.15) is 0 Å². The van der Waals surface area contributed by atoms with E-state index in [2.05, 4.69) is 5.32 Å². The van der Waals surface area contributed by atoms with Crippen LogP contribution >= 0.6 is 0 Å². The number of alkyl carbamates (subject to hydrolysis) is 1. The van der Waals surface area contributed by atoms with Gasteiger partial charge in [-0.1, -0.05) is 0 Å². The summed E-state index contributed by atoms with van der Waals surface area (Å²) in [6.07, 6.45) is -0.482. The number of ether oxygens (including phenoxy) is 1. The van der Waals surface area contributed by atoms with Gasteiger partial charge in [-0.3, -0.25) is 0 Å². The van der Waals surface area contributed by atoms with Crippen LogP contribution in [0.15, 0.2) is 0 Å². The molecule has 0 atom stereocenters. The van der Waals surface area contributed by atoms with Crippen LogP contribution in [0.5, 0.6) is 0 Å². The van der Waals surface area contributed by atoms with E-state index in [0.29, 0.717) is 0 Å². The summed E-state index contributed by atoms with van der Waals surface area (Å²) in [7, 11) is 1.70. The van der Waals surface area contributed by atoms with E-state index in [1.807, 2.05) is 0 Å². The number of carbonyl (C=O) groups is 1. The van der Waals surface area contributed by atoms with Crippen molar-refractivity contribution in [3.63, 3.8) is 0 Å². The Morgan fingerprint density at radius 1 is 1.19 bits per heavy atom. The zero-order valence-electron chi connectivity index (χ0n) is 10.4. The molecular formula is C8H19NO5SiY. The number of carbonyl (C=O) groups excluding carboxylic acids is 1. The second kappa shape index (κ2) is 9.50. The van der Waals surface area contributed by atoms with Gasteiger partial charge in [0.2, 0.25) is 0 Å². The van der Waals surface area contributed by atoms with E-state index in [0.717, 1.165) is 0 Å². The van der Waals surface area contributed by atoms with Crippen LogP contribution in [-0.2, 0) is 50.7 Å². The summed E-state index contributed by atoms with van der Waals surface area (Å²) < 4.78 is 20.2. The quantitative estimate of drug-likeness (QED) is 0.722. The third-order valence-electron chi connectivity index (χ3n) is 1.72. The molecule has 8 heteroatoms. The van der Waals surface area contributed by atoms with Crippen LogP contribution in [-0.4, -0.2) is 48.5 Å². The Balaban J connectivity index is 0. The molecule has 1 radical (unpaired) electrons. The van der Waals surface area contributed by atoms with Crippen molar-refractivity contribution in [3.05, 3.63) is 0 Å². The molecule has 0 aromatic heterocycles. The van der Waals surface area contributed by atoms with Crippen molar-refractivity contribution < 1.29 is 55.5 Å². The van der Waals surface area contributed by atoms with E-state index < -0.39 is 14.9 Å². The topological polar surface area (TPSA) is 66.0 Å². The monoisotopic (exact) mass is 326 g/mol. The van der Waals surface area contributed by atoms with Crippen LogP contribution in [0.3, 0.4) is 0 Å². The predicted molar refractivity (Wildman–Crippen MR) is 56.4 cm³/mol. The Bertz CT molecular complexity index is 193. The molecular weight excluding hydrogens is 307 g/mol. The first kappa shape index (κ1) is 18.8. The molecule has 0 saturated heterocycles. The van der Waals surface area contributed by atoms with Gasteiger partial charge in [0.15, 0.2) is 0 Å². The van der Waals surface area contributed by atoms with Crippen molar-refractivity contribution in [3.8, 4) is 0 Å². The van der Waals surface area contributed by atoms with E-state index >= 15 is 0 Å². The first-order valence-corrected chi connectivity index (χ1v) is 6.52. The minimum absolute atomic E-state index is 0. The van der Waals surface area contributed by atoms with Crippen LogP contribution in [0.2, 0.25) is 0 Å². The Kier molecular flexibility index (Phi) is 11.2. The molecule has 6 nitrogen and oxygen atoms in total.